The summed E-state index contributed by atoms with van der Waals surface area (Å²) in [6, 6.07) is 6.72. The van der Waals surface area contributed by atoms with Gasteiger partial charge in [-0.05, 0) is 42.5 Å². The van der Waals surface area contributed by atoms with Crippen molar-refractivity contribution in [2.75, 3.05) is 10.8 Å². The summed E-state index contributed by atoms with van der Waals surface area (Å²) in [5.41, 5.74) is -0.919. The number of benzene rings is 1. The third kappa shape index (κ3) is 5.35. The highest BCUT2D eigenvalue weighted by Gasteiger charge is 2.36. The van der Waals surface area contributed by atoms with Crippen molar-refractivity contribution in [2.45, 2.75) is 50.4 Å². The van der Waals surface area contributed by atoms with Crippen molar-refractivity contribution in [2.24, 2.45) is 0 Å². The Morgan fingerprint density at radius 1 is 1.17 bits per heavy atom. The van der Waals surface area contributed by atoms with Crippen LogP contribution in [-0.2, 0) is 15.8 Å². The van der Waals surface area contributed by atoms with Crippen molar-refractivity contribution in [1.82, 2.24) is 5.32 Å². The highest BCUT2D eigenvalue weighted by molar-refractivity contribution is 7.10. The van der Waals surface area contributed by atoms with E-state index in [1.54, 1.807) is 17.5 Å². The fourth-order valence-corrected chi connectivity index (χ4v) is 4.62. The van der Waals surface area contributed by atoms with Crippen LogP contribution in [0.4, 0.5) is 18.9 Å². The molecule has 3 rings (SSSR count). The van der Waals surface area contributed by atoms with Crippen molar-refractivity contribution in [3.8, 4) is 0 Å². The molecular formula is C21H22ClF3N2O2S. The number of hydrogen-bond acceptors (Lipinski definition) is 3. The van der Waals surface area contributed by atoms with E-state index in [9.17, 15) is 22.8 Å². The lowest BCUT2D eigenvalue weighted by Gasteiger charge is -2.32. The maximum absolute atomic E-state index is 13.3. The van der Waals surface area contributed by atoms with E-state index in [0.717, 1.165) is 49.1 Å². The van der Waals surface area contributed by atoms with Crippen LogP contribution in [0.15, 0.2) is 41.8 Å². The van der Waals surface area contributed by atoms with E-state index < -0.39 is 35.5 Å². The van der Waals surface area contributed by atoms with Gasteiger partial charge in [0.1, 0.15) is 11.9 Å². The van der Waals surface area contributed by atoms with Gasteiger partial charge in [-0.3, -0.25) is 14.5 Å². The van der Waals surface area contributed by atoms with Gasteiger partial charge in [0.15, 0.2) is 0 Å². The van der Waals surface area contributed by atoms with E-state index in [2.05, 4.69) is 5.32 Å². The second kappa shape index (κ2) is 9.83. The molecule has 1 saturated carbocycles. The zero-order valence-electron chi connectivity index (χ0n) is 16.1. The van der Waals surface area contributed by atoms with Gasteiger partial charge in [-0.1, -0.05) is 31.4 Å². The van der Waals surface area contributed by atoms with Crippen LogP contribution >= 0.6 is 22.9 Å². The molecule has 0 aliphatic heterocycles. The molecule has 1 unspecified atom stereocenters. The summed E-state index contributed by atoms with van der Waals surface area (Å²) >= 11 is 7.05. The van der Waals surface area contributed by atoms with Crippen molar-refractivity contribution >= 4 is 40.4 Å². The standard InChI is InChI=1S/C21H22ClF3N2O2S/c22-13-18(28)27(16-9-4-6-14(12-16)21(23,24)25)19(17-10-5-11-30-17)20(29)26-15-7-2-1-3-8-15/h4-6,9-12,15,19H,1-3,7-8,13H2,(H,26,29). The molecule has 0 radical (unpaired) electrons. The van der Waals surface area contributed by atoms with Gasteiger partial charge in [-0.25, -0.2) is 0 Å². The minimum atomic E-state index is -4.57. The Morgan fingerprint density at radius 2 is 1.90 bits per heavy atom. The monoisotopic (exact) mass is 458 g/mol. The Balaban J connectivity index is 2.00. The third-order valence-electron chi connectivity index (χ3n) is 5.11. The summed E-state index contributed by atoms with van der Waals surface area (Å²) in [5, 5.41) is 4.75. The van der Waals surface area contributed by atoms with Crippen LogP contribution in [-0.4, -0.2) is 23.7 Å². The smallest absolute Gasteiger partial charge is 0.351 e. The van der Waals surface area contributed by atoms with Crippen LogP contribution < -0.4 is 10.2 Å². The van der Waals surface area contributed by atoms with E-state index >= 15 is 0 Å². The van der Waals surface area contributed by atoms with Crippen LogP contribution in [0, 0.1) is 0 Å². The Bertz CT molecular complexity index is 867. The molecule has 2 amide bonds. The fraction of sp³-hybridized carbons (Fsp3) is 0.429. The maximum atomic E-state index is 13.3. The number of alkyl halides is 4. The van der Waals surface area contributed by atoms with E-state index in [0.29, 0.717) is 4.88 Å². The largest absolute Gasteiger partial charge is 0.416 e. The molecule has 2 aromatic rings. The first kappa shape index (κ1) is 22.6. The van der Waals surface area contributed by atoms with Crippen molar-refractivity contribution in [3.63, 3.8) is 0 Å². The number of thiophene rings is 1. The van der Waals surface area contributed by atoms with Gasteiger partial charge in [0, 0.05) is 16.6 Å². The lowest BCUT2D eigenvalue weighted by molar-refractivity contribution is -0.137. The van der Waals surface area contributed by atoms with Crippen molar-refractivity contribution in [1.29, 1.82) is 0 Å². The van der Waals surface area contributed by atoms with E-state index in [4.69, 9.17) is 11.6 Å². The van der Waals surface area contributed by atoms with Gasteiger partial charge < -0.3 is 5.32 Å². The number of halogens is 4. The van der Waals surface area contributed by atoms with Crippen LogP contribution in [0.5, 0.6) is 0 Å². The molecule has 1 aliphatic carbocycles. The minimum absolute atomic E-state index is 0.0109. The molecule has 9 heteroatoms. The number of nitrogens with one attached hydrogen (secondary N) is 1. The molecule has 1 atom stereocenters. The second-order valence-electron chi connectivity index (χ2n) is 7.21. The number of anilines is 1. The first-order valence-corrected chi connectivity index (χ1v) is 11.1. The number of carbonyl (C=O) groups is 2. The van der Waals surface area contributed by atoms with Gasteiger partial charge >= 0.3 is 6.18 Å². The SMILES string of the molecule is O=C(NC1CCCCC1)C(c1cccs1)N(C(=O)CCl)c1cccc(C(F)(F)F)c1. The number of nitrogens with zero attached hydrogens (tertiary/aromatic N) is 1. The van der Waals surface area contributed by atoms with Crippen LogP contribution in [0.2, 0.25) is 0 Å². The topological polar surface area (TPSA) is 49.4 Å². The normalized spacial score (nSPS) is 16.1. The molecule has 1 aromatic heterocycles. The van der Waals surface area contributed by atoms with Gasteiger partial charge in [-0.2, -0.15) is 13.2 Å². The summed E-state index contributed by atoms with van der Waals surface area (Å²) in [6.45, 7) is 0. The Hall–Kier alpha value is -2.06. The third-order valence-corrected chi connectivity index (χ3v) is 6.26. The summed E-state index contributed by atoms with van der Waals surface area (Å²) < 4.78 is 39.7. The van der Waals surface area contributed by atoms with Gasteiger partial charge in [0.2, 0.25) is 11.8 Å². The van der Waals surface area contributed by atoms with Crippen molar-refractivity contribution in [3.05, 3.63) is 52.2 Å². The van der Waals surface area contributed by atoms with Crippen LogP contribution in [0.25, 0.3) is 0 Å². The average Bonchev–Trinajstić information content (AvgIpc) is 3.25. The van der Waals surface area contributed by atoms with Crippen LogP contribution in [0.3, 0.4) is 0 Å². The average molecular weight is 459 g/mol. The quantitative estimate of drug-likeness (QED) is 0.579. The number of carbonyl (C=O) groups excluding carboxylic acids is 2. The molecule has 1 heterocycles. The predicted octanol–water partition coefficient (Wildman–Crippen LogP) is 5.53. The first-order valence-electron chi connectivity index (χ1n) is 9.70. The summed E-state index contributed by atoms with van der Waals surface area (Å²) in [7, 11) is 0. The van der Waals surface area contributed by atoms with E-state index in [1.807, 2.05) is 0 Å². The number of hydrogen-bond donors (Lipinski definition) is 1. The molecule has 162 valence electrons. The minimum Gasteiger partial charge on any atom is -0.351 e. The molecule has 0 saturated heterocycles. The Kier molecular flexibility index (Phi) is 7.41. The lowest BCUT2D eigenvalue weighted by Crippen LogP contribution is -2.47. The molecule has 30 heavy (non-hydrogen) atoms. The molecule has 1 aliphatic rings. The highest BCUT2D eigenvalue weighted by atomic mass is 35.5. The van der Waals surface area contributed by atoms with Gasteiger partial charge in [-0.15, -0.1) is 22.9 Å². The lowest BCUT2D eigenvalue weighted by atomic mass is 9.95. The van der Waals surface area contributed by atoms with E-state index in [1.165, 1.54) is 23.5 Å². The molecule has 0 bridgehead atoms. The Labute approximate surface area is 182 Å². The Morgan fingerprint density at radius 3 is 2.50 bits per heavy atom. The molecule has 1 aromatic carbocycles. The fourth-order valence-electron chi connectivity index (χ4n) is 3.68. The molecule has 1 fully saturated rings. The van der Waals surface area contributed by atoms with Crippen molar-refractivity contribution < 1.29 is 22.8 Å². The number of rotatable bonds is 6. The molecule has 4 nitrogen and oxygen atoms in total. The first-order chi connectivity index (χ1) is 14.3. The zero-order valence-corrected chi connectivity index (χ0v) is 17.7. The highest BCUT2D eigenvalue weighted by Crippen LogP contribution is 2.36. The van der Waals surface area contributed by atoms with Gasteiger partial charge in [0.05, 0.1) is 5.56 Å². The molecular weight excluding hydrogens is 437 g/mol. The molecule has 0 spiro atoms. The summed E-state index contributed by atoms with van der Waals surface area (Å²) in [4.78, 5) is 27.6. The predicted molar refractivity (Wildman–Crippen MR) is 112 cm³/mol. The second-order valence-corrected chi connectivity index (χ2v) is 8.45. The number of amides is 2. The van der Waals surface area contributed by atoms with E-state index in [-0.39, 0.29) is 11.7 Å². The maximum Gasteiger partial charge on any atom is 0.416 e. The molecule has 1 N–H and O–H groups in total. The van der Waals surface area contributed by atoms with Crippen LogP contribution in [0.1, 0.15) is 48.6 Å². The summed E-state index contributed by atoms with van der Waals surface area (Å²) in [5.74, 6) is -1.53. The zero-order chi connectivity index (χ0) is 21.7. The van der Waals surface area contributed by atoms with Gasteiger partial charge in [0.25, 0.3) is 0 Å². The summed E-state index contributed by atoms with van der Waals surface area (Å²) in [6.07, 6.45) is 0.237.